The van der Waals surface area contributed by atoms with E-state index >= 15 is 0 Å². The number of carbonyl (C=O) groups is 1. The number of fused-ring (bicyclic) bond motifs is 1. The van der Waals surface area contributed by atoms with Crippen molar-refractivity contribution in [3.8, 4) is 0 Å². The highest BCUT2D eigenvalue weighted by Crippen LogP contribution is 2.28. The van der Waals surface area contributed by atoms with Gasteiger partial charge in [0.15, 0.2) is 5.13 Å². The van der Waals surface area contributed by atoms with Gasteiger partial charge in [0.2, 0.25) is 5.91 Å². The Kier molecular flexibility index (Phi) is 4.61. The minimum Gasteiger partial charge on any atom is -0.301 e. The van der Waals surface area contributed by atoms with Gasteiger partial charge in [-0.15, -0.1) is 11.8 Å². The molecular formula is C15H10ClFN2OS2. The second-order valence-electron chi connectivity index (χ2n) is 4.42. The molecule has 7 heteroatoms. The zero-order valence-electron chi connectivity index (χ0n) is 11.2. The number of nitrogens with one attached hydrogen (secondary N) is 1. The lowest BCUT2D eigenvalue weighted by atomic mass is 10.3. The summed E-state index contributed by atoms with van der Waals surface area (Å²) in [6.07, 6.45) is 0. The minimum atomic E-state index is -0.290. The molecule has 0 unspecified atom stereocenters. The Morgan fingerprint density at radius 3 is 2.82 bits per heavy atom. The zero-order valence-corrected chi connectivity index (χ0v) is 13.6. The second kappa shape index (κ2) is 6.64. The number of thiazole rings is 1. The van der Waals surface area contributed by atoms with E-state index in [1.807, 2.05) is 12.1 Å². The van der Waals surface area contributed by atoms with Crippen LogP contribution >= 0.6 is 34.7 Å². The molecule has 3 aromatic rings. The highest BCUT2D eigenvalue weighted by atomic mass is 35.5. The van der Waals surface area contributed by atoms with E-state index in [0.29, 0.717) is 10.2 Å². The maximum absolute atomic E-state index is 12.8. The highest BCUT2D eigenvalue weighted by Gasteiger charge is 2.09. The molecule has 3 rings (SSSR count). The van der Waals surface area contributed by atoms with Gasteiger partial charge in [-0.25, -0.2) is 9.37 Å². The van der Waals surface area contributed by atoms with E-state index in [-0.39, 0.29) is 17.5 Å². The van der Waals surface area contributed by atoms with E-state index in [1.54, 1.807) is 18.2 Å². The summed E-state index contributed by atoms with van der Waals surface area (Å²) in [6.45, 7) is 0. The van der Waals surface area contributed by atoms with E-state index < -0.39 is 0 Å². The van der Waals surface area contributed by atoms with Crippen molar-refractivity contribution in [1.29, 1.82) is 0 Å². The molecule has 0 atom stereocenters. The Morgan fingerprint density at radius 1 is 1.27 bits per heavy atom. The number of carbonyl (C=O) groups excluding carboxylic acids is 1. The van der Waals surface area contributed by atoms with Crippen LogP contribution in [0.2, 0.25) is 5.02 Å². The van der Waals surface area contributed by atoms with Crippen molar-refractivity contribution in [1.82, 2.24) is 4.98 Å². The van der Waals surface area contributed by atoms with E-state index in [4.69, 9.17) is 11.6 Å². The lowest BCUT2D eigenvalue weighted by Crippen LogP contribution is -2.13. The van der Waals surface area contributed by atoms with Gasteiger partial charge in [-0.3, -0.25) is 4.79 Å². The molecular weight excluding hydrogens is 343 g/mol. The molecule has 1 amide bonds. The molecule has 0 saturated carbocycles. The lowest BCUT2D eigenvalue weighted by Gasteiger charge is -2.01. The first-order valence-electron chi connectivity index (χ1n) is 6.34. The van der Waals surface area contributed by atoms with Crippen LogP contribution in [0.3, 0.4) is 0 Å². The fraction of sp³-hybridized carbons (Fsp3) is 0.0667. The van der Waals surface area contributed by atoms with Crippen LogP contribution in [0.5, 0.6) is 0 Å². The van der Waals surface area contributed by atoms with Gasteiger partial charge in [0.1, 0.15) is 5.82 Å². The van der Waals surface area contributed by atoms with Crippen molar-refractivity contribution < 1.29 is 9.18 Å². The predicted molar refractivity (Wildman–Crippen MR) is 90.4 cm³/mol. The molecule has 0 spiro atoms. The number of hydrogen-bond donors (Lipinski definition) is 1. The molecule has 112 valence electrons. The van der Waals surface area contributed by atoms with Gasteiger partial charge in [0, 0.05) is 9.92 Å². The molecule has 3 nitrogen and oxygen atoms in total. The SMILES string of the molecule is O=C(CSc1ccc(F)cc1)Nc1nc2ccc(Cl)cc2s1. The van der Waals surface area contributed by atoms with Crippen molar-refractivity contribution in [2.75, 3.05) is 11.1 Å². The number of benzene rings is 2. The number of nitrogens with zero attached hydrogens (tertiary/aromatic N) is 1. The third-order valence-electron chi connectivity index (χ3n) is 2.78. The summed E-state index contributed by atoms with van der Waals surface area (Å²) in [5.41, 5.74) is 0.802. The molecule has 0 fully saturated rings. The normalized spacial score (nSPS) is 10.8. The van der Waals surface area contributed by atoms with Gasteiger partial charge in [0.05, 0.1) is 16.0 Å². The van der Waals surface area contributed by atoms with Crippen LogP contribution in [0, 0.1) is 5.82 Å². The van der Waals surface area contributed by atoms with E-state index in [9.17, 15) is 9.18 Å². The van der Waals surface area contributed by atoms with Gasteiger partial charge in [-0.05, 0) is 42.5 Å². The van der Waals surface area contributed by atoms with Gasteiger partial charge >= 0.3 is 0 Å². The van der Waals surface area contributed by atoms with Crippen molar-refractivity contribution in [3.63, 3.8) is 0 Å². The topological polar surface area (TPSA) is 42.0 Å². The van der Waals surface area contributed by atoms with E-state index in [1.165, 1.54) is 35.2 Å². The number of thioether (sulfide) groups is 1. The Hall–Kier alpha value is -1.63. The van der Waals surface area contributed by atoms with Crippen LogP contribution in [-0.4, -0.2) is 16.6 Å². The fourth-order valence-corrected chi connectivity index (χ4v) is 3.64. The lowest BCUT2D eigenvalue weighted by molar-refractivity contribution is -0.113. The smallest absolute Gasteiger partial charge is 0.236 e. The van der Waals surface area contributed by atoms with Crippen molar-refractivity contribution in [2.24, 2.45) is 0 Å². The van der Waals surface area contributed by atoms with Crippen LogP contribution in [0.25, 0.3) is 10.2 Å². The van der Waals surface area contributed by atoms with Gasteiger partial charge in [-0.1, -0.05) is 22.9 Å². The maximum Gasteiger partial charge on any atom is 0.236 e. The van der Waals surface area contributed by atoms with Gasteiger partial charge in [-0.2, -0.15) is 0 Å². The Balaban J connectivity index is 1.61. The van der Waals surface area contributed by atoms with E-state index in [2.05, 4.69) is 10.3 Å². The molecule has 0 saturated heterocycles. The van der Waals surface area contributed by atoms with Crippen LogP contribution in [0.1, 0.15) is 0 Å². The molecule has 0 aliphatic rings. The summed E-state index contributed by atoms with van der Waals surface area (Å²) in [5.74, 6) is -0.205. The largest absolute Gasteiger partial charge is 0.301 e. The van der Waals surface area contributed by atoms with Crippen molar-refractivity contribution >= 4 is 56.0 Å². The first-order chi connectivity index (χ1) is 10.6. The number of hydrogen-bond acceptors (Lipinski definition) is 4. The maximum atomic E-state index is 12.8. The van der Waals surface area contributed by atoms with Crippen LogP contribution in [0.15, 0.2) is 47.4 Å². The summed E-state index contributed by atoms with van der Waals surface area (Å²) in [6, 6.07) is 11.4. The Labute approximate surface area is 139 Å². The van der Waals surface area contributed by atoms with Crippen LogP contribution < -0.4 is 5.32 Å². The predicted octanol–water partition coefficient (Wildman–Crippen LogP) is 4.82. The first kappa shape index (κ1) is 15.3. The second-order valence-corrected chi connectivity index (χ2v) is 6.94. The standard InChI is InChI=1S/C15H10ClFN2OS2/c16-9-1-6-12-13(7-9)22-15(18-12)19-14(20)8-21-11-4-2-10(17)3-5-11/h1-7H,8H2,(H,18,19,20). The zero-order chi connectivity index (χ0) is 15.5. The average Bonchev–Trinajstić information content (AvgIpc) is 2.88. The summed E-state index contributed by atoms with van der Waals surface area (Å²) in [5, 5.41) is 3.95. The number of aromatic nitrogens is 1. The summed E-state index contributed by atoms with van der Waals surface area (Å²) in [4.78, 5) is 17.1. The number of halogens is 2. The molecule has 0 aliphatic heterocycles. The average molecular weight is 353 g/mol. The Bertz CT molecular complexity index is 820. The summed E-state index contributed by atoms with van der Waals surface area (Å²) < 4.78 is 13.7. The molecule has 0 aliphatic carbocycles. The van der Waals surface area contributed by atoms with E-state index in [0.717, 1.165) is 15.1 Å². The molecule has 1 heterocycles. The number of rotatable bonds is 4. The van der Waals surface area contributed by atoms with Gasteiger partial charge in [0.25, 0.3) is 0 Å². The summed E-state index contributed by atoms with van der Waals surface area (Å²) >= 11 is 8.64. The highest BCUT2D eigenvalue weighted by molar-refractivity contribution is 8.00. The number of anilines is 1. The molecule has 2 aromatic carbocycles. The summed E-state index contributed by atoms with van der Waals surface area (Å²) in [7, 11) is 0. The molecule has 0 bridgehead atoms. The molecule has 0 radical (unpaired) electrons. The monoisotopic (exact) mass is 352 g/mol. The number of amides is 1. The minimum absolute atomic E-state index is 0.153. The third-order valence-corrected chi connectivity index (χ3v) is 4.96. The van der Waals surface area contributed by atoms with Crippen LogP contribution in [0.4, 0.5) is 9.52 Å². The first-order valence-corrected chi connectivity index (χ1v) is 8.52. The van der Waals surface area contributed by atoms with Gasteiger partial charge < -0.3 is 5.32 Å². The van der Waals surface area contributed by atoms with Crippen molar-refractivity contribution in [2.45, 2.75) is 4.90 Å². The van der Waals surface area contributed by atoms with Crippen LogP contribution in [-0.2, 0) is 4.79 Å². The molecule has 1 N–H and O–H groups in total. The quantitative estimate of drug-likeness (QED) is 0.684. The molecule has 1 aromatic heterocycles. The third kappa shape index (κ3) is 3.76. The molecule has 22 heavy (non-hydrogen) atoms. The fourth-order valence-electron chi connectivity index (χ4n) is 1.79. The van der Waals surface area contributed by atoms with Crippen molar-refractivity contribution in [3.05, 3.63) is 53.3 Å². The Morgan fingerprint density at radius 2 is 2.05 bits per heavy atom.